The van der Waals surface area contributed by atoms with Crippen LogP contribution in [0.25, 0.3) is 0 Å². The summed E-state index contributed by atoms with van der Waals surface area (Å²) in [5, 5.41) is 2.64. The van der Waals surface area contributed by atoms with Crippen LogP contribution in [-0.4, -0.2) is 66.0 Å². The number of alkyl halides is 8. The first-order valence-corrected chi connectivity index (χ1v) is 12.1. The predicted molar refractivity (Wildman–Crippen MR) is 132 cm³/mol. The van der Waals surface area contributed by atoms with Crippen LogP contribution in [0, 0.1) is 5.92 Å². The molecule has 0 saturated carbocycles. The third-order valence-corrected chi connectivity index (χ3v) is 6.07. The van der Waals surface area contributed by atoms with Gasteiger partial charge in [-0.2, -0.15) is 31.3 Å². The summed E-state index contributed by atoms with van der Waals surface area (Å²) in [6, 6.07) is 1.97. The summed E-state index contributed by atoms with van der Waals surface area (Å²) in [7, 11) is 0. The summed E-state index contributed by atoms with van der Waals surface area (Å²) in [6.45, 7) is 5.13. The van der Waals surface area contributed by atoms with Crippen molar-refractivity contribution in [3.05, 3.63) is 35.8 Å². The lowest BCUT2D eigenvalue weighted by Crippen LogP contribution is -2.33. The standard InChI is InChI=1S/C24H27F8N7/c1-15-4-5-18(23(27,28)29)37-17(15)7-11-35-20(36-16-6-10-34-19(14-16)24(30,31)32)38-21(33-2)39-12-3-8-22(25,26)9-13-39/h5-6,10,14-15H,2-4,7-9,11-13H2,1H3,(H,34,35,36). The van der Waals surface area contributed by atoms with E-state index >= 15 is 0 Å². The number of pyridine rings is 1. The Balaban J connectivity index is 1.88. The second-order valence-corrected chi connectivity index (χ2v) is 9.10. The number of rotatable bonds is 4. The molecule has 0 radical (unpaired) electrons. The Morgan fingerprint density at radius 1 is 1.15 bits per heavy atom. The molecule has 1 aromatic heterocycles. The van der Waals surface area contributed by atoms with Crippen molar-refractivity contribution in [3.8, 4) is 0 Å². The minimum Gasteiger partial charge on any atom is -0.341 e. The smallest absolute Gasteiger partial charge is 0.341 e. The summed E-state index contributed by atoms with van der Waals surface area (Å²) in [4.78, 5) is 20.7. The van der Waals surface area contributed by atoms with E-state index in [1.807, 2.05) is 0 Å². The first kappa shape index (κ1) is 30.2. The lowest BCUT2D eigenvalue weighted by atomic mass is 9.96. The first-order chi connectivity index (χ1) is 18.2. The molecule has 15 heteroatoms. The maximum absolute atomic E-state index is 13.8. The van der Waals surface area contributed by atoms with Gasteiger partial charge in [-0.25, -0.2) is 13.8 Å². The van der Waals surface area contributed by atoms with Crippen molar-refractivity contribution < 1.29 is 35.1 Å². The van der Waals surface area contributed by atoms with Gasteiger partial charge in [-0.05, 0) is 37.6 Å². The van der Waals surface area contributed by atoms with Gasteiger partial charge in [0.25, 0.3) is 0 Å². The van der Waals surface area contributed by atoms with Crippen LogP contribution in [0.3, 0.4) is 0 Å². The van der Waals surface area contributed by atoms with E-state index in [4.69, 9.17) is 0 Å². The second kappa shape index (κ2) is 12.2. The van der Waals surface area contributed by atoms with Crippen LogP contribution in [0.15, 0.2) is 50.1 Å². The minimum atomic E-state index is -4.72. The van der Waals surface area contributed by atoms with Crippen molar-refractivity contribution in [2.24, 2.45) is 25.9 Å². The number of nitrogens with one attached hydrogen (secondary N) is 1. The van der Waals surface area contributed by atoms with Crippen molar-refractivity contribution in [2.75, 3.05) is 25.0 Å². The van der Waals surface area contributed by atoms with E-state index in [0.717, 1.165) is 18.3 Å². The van der Waals surface area contributed by atoms with Crippen molar-refractivity contribution in [1.29, 1.82) is 0 Å². The van der Waals surface area contributed by atoms with Gasteiger partial charge in [0, 0.05) is 56.5 Å². The Morgan fingerprint density at radius 2 is 1.90 bits per heavy atom. The SMILES string of the molecule is C=NC(=NC(=NCCC1=NC(C(F)(F)F)=CCC1C)Nc1ccnc(C(F)(F)F)c1)N1CCCC(F)(F)CC1. The van der Waals surface area contributed by atoms with Crippen LogP contribution in [0.2, 0.25) is 0 Å². The van der Waals surface area contributed by atoms with E-state index in [2.05, 4.69) is 37.0 Å². The van der Waals surface area contributed by atoms with Gasteiger partial charge in [-0.1, -0.05) is 13.0 Å². The van der Waals surface area contributed by atoms with E-state index in [0.29, 0.717) is 0 Å². The molecule has 0 spiro atoms. The molecule has 0 aliphatic carbocycles. The Morgan fingerprint density at radius 3 is 2.56 bits per heavy atom. The summed E-state index contributed by atoms with van der Waals surface area (Å²) in [6.07, 6.45) is -7.84. The largest absolute Gasteiger partial charge is 0.433 e. The molecule has 3 rings (SSSR count). The van der Waals surface area contributed by atoms with E-state index in [-0.39, 0.29) is 74.6 Å². The molecule has 1 unspecified atom stereocenters. The summed E-state index contributed by atoms with van der Waals surface area (Å²) in [5.74, 6) is -3.44. The van der Waals surface area contributed by atoms with Crippen molar-refractivity contribution >= 4 is 30.0 Å². The van der Waals surface area contributed by atoms with Gasteiger partial charge in [-0.15, -0.1) is 0 Å². The number of guanidine groups is 2. The lowest BCUT2D eigenvalue weighted by Gasteiger charge is -2.22. The highest BCUT2D eigenvalue weighted by Gasteiger charge is 2.36. The highest BCUT2D eigenvalue weighted by atomic mass is 19.4. The third kappa shape index (κ3) is 8.82. The first-order valence-electron chi connectivity index (χ1n) is 12.1. The van der Waals surface area contributed by atoms with Gasteiger partial charge in [0.2, 0.25) is 17.8 Å². The highest BCUT2D eigenvalue weighted by molar-refractivity contribution is 6.03. The maximum atomic E-state index is 13.8. The number of aliphatic imine (C=N–C) groups is 4. The Labute approximate surface area is 219 Å². The molecule has 0 aromatic carbocycles. The predicted octanol–water partition coefficient (Wildman–Crippen LogP) is 6.36. The number of halogens is 8. The zero-order valence-corrected chi connectivity index (χ0v) is 21.0. The zero-order chi connectivity index (χ0) is 28.8. The van der Waals surface area contributed by atoms with Crippen LogP contribution < -0.4 is 5.32 Å². The number of anilines is 1. The van der Waals surface area contributed by atoms with Crippen LogP contribution >= 0.6 is 0 Å². The fraction of sp³-hybridized carbons (Fsp3) is 0.542. The number of likely N-dealkylation sites (tertiary alicyclic amines) is 1. The molecule has 1 aromatic rings. The normalized spacial score (nSPS) is 21.2. The summed E-state index contributed by atoms with van der Waals surface area (Å²) >= 11 is 0. The van der Waals surface area contributed by atoms with Gasteiger partial charge in [0.1, 0.15) is 11.4 Å². The quantitative estimate of drug-likeness (QED) is 0.262. The second-order valence-electron chi connectivity index (χ2n) is 9.10. The fourth-order valence-corrected chi connectivity index (χ4v) is 3.95. The van der Waals surface area contributed by atoms with Gasteiger partial charge in [0.05, 0.1) is 0 Å². The average molecular weight is 566 g/mol. The number of aromatic nitrogens is 1. The molecule has 0 amide bonds. The topological polar surface area (TPSA) is 77.6 Å². The van der Waals surface area contributed by atoms with E-state index in [1.54, 1.807) is 6.92 Å². The minimum absolute atomic E-state index is 0.0201. The van der Waals surface area contributed by atoms with Crippen LogP contribution in [0.5, 0.6) is 0 Å². The van der Waals surface area contributed by atoms with Crippen molar-refractivity contribution in [2.45, 2.75) is 57.3 Å². The molecule has 39 heavy (non-hydrogen) atoms. The van der Waals surface area contributed by atoms with E-state index in [1.165, 1.54) is 11.0 Å². The highest BCUT2D eigenvalue weighted by Crippen LogP contribution is 2.32. The molecule has 1 saturated heterocycles. The Kier molecular flexibility index (Phi) is 9.43. The molecule has 214 valence electrons. The van der Waals surface area contributed by atoms with Gasteiger partial charge < -0.3 is 10.2 Å². The number of allylic oxidation sites excluding steroid dienone is 2. The lowest BCUT2D eigenvalue weighted by molar-refractivity contribution is -0.141. The molecule has 2 aliphatic rings. The number of nitrogens with zero attached hydrogens (tertiary/aromatic N) is 6. The van der Waals surface area contributed by atoms with Crippen molar-refractivity contribution in [3.63, 3.8) is 0 Å². The molecule has 2 aliphatic heterocycles. The number of hydrogen-bond donors (Lipinski definition) is 1. The molecular weight excluding hydrogens is 538 g/mol. The van der Waals surface area contributed by atoms with Crippen molar-refractivity contribution in [1.82, 2.24) is 9.88 Å². The van der Waals surface area contributed by atoms with Crippen LogP contribution in [0.1, 0.15) is 44.7 Å². The maximum Gasteiger partial charge on any atom is 0.433 e. The summed E-state index contributed by atoms with van der Waals surface area (Å²) in [5.41, 5.74) is -1.98. The Hall–Kier alpha value is -3.39. The van der Waals surface area contributed by atoms with Gasteiger partial charge >= 0.3 is 12.4 Å². The molecule has 1 atom stereocenters. The fourth-order valence-electron chi connectivity index (χ4n) is 3.95. The molecular formula is C24H27F8N7. The molecule has 0 bridgehead atoms. The number of hydrogen-bond acceptors (Lipinski definition) is 3. The van der Waals surface area contributed by atoms with E-state index < -0.39 is 36.1 Å². The average Bonchev–Trinajstić information content (AvgIpc) is 3.02. The van der Waals surface area contributed by atoms with Crippen LogP contribution in [0.4, 0.5) is 40.8 Å². The zero-order valence-electron chi connectivity index (χ0n) is 21.0. The third-order valence-electron chi connectivity index (χ3n) is 6.07. The van der Waals surface area contributed by atoms with Crippen LogP contribution in [-0.2, 0) is 6.18 Å². The van der Waals surface area contributed by atoms with Gasteiger partial charge in [0.15, 0.2) is 0 Å². The molecule has 1 N–H and O–H groups in total. The summed E-state index contributed by atoms with van der Waals surface area (Å²) < 4.78 is 106. The molecule has 7 nitrogen and oxygen atoms in total. The van der Waals surface area contributed by atoms with E-state index in [9.17, 15) is 35.1 Å². The van der Waals surface area contributed by atoms with Gasteiger partial charge in [-0.3, -0.25) is 15.0 Å². The molecule has 1 fully saturated rings. The Bertz CT molecular complexity index is 1150. The molecule has 3 heterocycles. The monoisotopic (exact) mass is 565 g/mol.